The molecule has 0 amide bonds. The second kappa shape index (κ2) is 4.79. The number of para-hydroxylation sites is 1. The van der Waals surface area contributed by atoms with Crippen LogP contribution >= 0.6 is 0 Å². The first-order chi connectivity index (χ1) is 8.50. The SMILES string of the molecule is CC(NS(=O)(=O)c1ccccc1N)c1ncc[nH]1. The fraction of sp³-hybridized carbons (Fsp3) is 0.182. The molecule has 1 aromatic carbocycles. The number of aromatic amines is 1. The summed E-state index contributed by atoms with van der Waals surface area (Å²) in [4.78, 5) is 6.93. The maximum absolute atomic E-state index is 12.1. The van der Waals surface area contributed by atoms with Crippen LogP contribution < -0.4 is 10.5 Å². The molecule has 0 aliphatic rings. The second-order valence-electron chi connectivity index (χ2n) is 3.86. The van der Waals surface area contributed by atoms with E-state index in [-0.39, 0.29) is 10.6 Å². The van der Waals surface area contributed by atoms with E-state index >= 15 is 0 Å². The summed E-state index contributed by atoms with van der Waals surface area (Å²) in [5.41, 5.74) is 5.88. The molecule has 7 heteroatoms. The lowest BCUT2D eigenvalue weighted by molar-refractivity contribution is 0.561. The Hall–Kier alpha value is -1.86. The van der Waals surface area contributed by atoms with E-state index in [4.69, 9.17) is 5.73 Å². The molecule has 0 saturated carbocycles. The van der Waals surface area contributed by atoms with E-state index in [0.717, 1.165) is 0 Å². The molecule has 0 bridgehead atoms. The summed E-state index contributed by atoms with van der Waals surface area (Å²) in [5.74, 6) is 0.549. The zero-order chi connectivity index (χ0) is 13.2. The first-order valence-electron chi connectivity index (χ1n) is 5.37. The minimum Gasteiger partial charge on any atom is -0.398 e. The summed E-state index contributed by atoms with van der Waals surface area (Å²) >= 11 is 0. The van der Waals surface area contributed by atoms with E-state index < -0.39 is 16.1 Å². The number of rotatable bonds is 4. The number of aromatic nitrogens is 2. The summed E-state index contributed by atoms with van der Waals surface area (Å²) in [6, 6.07) is 5.87. The van der Waals surface area contributed by atoms with Gasteiger partial charge in [0.25, 0.3) is 0 Å². The monoisotopic (exact) mass is 266 g/mol. The highest BCUT2D eigenvalue weighted by atomic mass is 32.2. The van der Waals surface area contributed by atoms with Crippen molar-refractivity contribution in [1.29, 1.82) is 0 Å². The van der Waals surface area contributed by atoms with E-state index in [0.29, 0.717) is 5.82 Å². The molecule has 0 fully saturated rings. The van der Waals surface area contributed by atoms with Crippen LogP contribution in [0.2, 0.25) is 0 Å². The van der Waals surface area contributed by atoms with E-state index in [9.17, 15) is 8.42 Å². The van der Waals surface area contributed by atoms with Crippen LogP contribution in [0.4, 0.5) is 5.69 Å². The molecule has 1 unspecified atom stereocenters. The Morgan fingerprint density at radius 2 is 2.11 bits per heavy atom. The minimum absolute atomic E-state index is 0.0726. The number of nitrogens with two attached hydrogens (primary N) is 1. The molecule has 1 atom stereocenters. The van der Waals surface area contributed by atoms with Crippen LogP contribution in [0.15, 0.2) is 41.6 Å². The van der Waals surface area contributed by atoms with Gasteiger partial charge in [0.15, 0.2) is 0 Å². The van der Waals surface area contributed by atoms with Crippen molar-refractivity contribution in [3.05, 3.63) is 42.5 Å². The average molecular weight is 266 g/mol. The summed E-state index contributed by atoms with van der Waals surface area (Å²) < 4.78 is 26.8. The molecule has 1 aromatic heterocycles. The zero-order valence-electron chi connectivity index (χ0n) is 9.79. The van der Waals surface area contributed by atoms with E-state index in [1.165, 1.54) is 6.07 Å². The Labute approximate surface area is 105 Å². The molecule has 0 aliphatic carbocycles. The third-order valence-electron chi connectivity index (χ3n) is 2.47. The van der Waals surface area contributed by atoms with E-state index in [1.807, 2.05) is 0 Å². The number of H-pyrrole nitrogens is 1. The number of sulfonamides is 1. The van der Waals surface area contributed by atoms with Crippen molar-refractivity contribution >= 4 is 15.7 Å². The Morgan fingerprint density at radius 1 is 1.39 bits per heavy atom. The van der Waals surface area contributed by atoms with Crippen LogP contribution in [0.3, 0.4) is 0 Å². The van der Waals surface area contributed by atoms with Crippen LogP contribution in [0.25, 0.3) is 0 Å². The van der Waals surface area contributed by atoms with Crippen LogP contribution in [0.1, 0.15) is 18.8 Å². The molecule has 4 N–H and O–H groups in total. The quantitative estimate of drug-likeness (QED) is 0.719. The lowest BCUT2D eigenvalue weighted by Gasteiger charge is -2.13. The highest BCUT2D eigenvalue weighted by Gasteiger charge is 2.21. The maximum Gasteiger partial charge on any atom is 0.243 e. The smallest absolute Gasteiger partial charge is 0.243 e. The molecule has 2 rings (SSSR count). The summed E-state index contributed by atoms with van der Waals surface area (Å²) in [6.07, 6.45) is 3.20. The molecule has 0 aliphatic heterocycles. The van der Waals surface area contributed by atoms with Crippen LogP contribution in [-0.4, -0.2) is 18.4 Å². The van der Waals surface area contributed by atoms with E-state index in [2.05, 4.69) is 14.7 Å². The molecule has 96 valence electrons. The molecule has 18 heavy (non-hydrogen) atoms. The Morgan fingerprint density at radius 3 is 2.72 bits per heavy atom. The third kappa shape index (κ3) is 2.52. The van der Waals surface area contributed by atoms with Gasteiger partial charge in [0.2, 0.25) is 10.0 Å². The molecule has 6 nitrogen and oxygen atoms in total. The molecule has 2 aromatic rings. The second-order valence-corrected chi connectivity index (χ2v) is 5.54. The van der Waals surface area contributed by atoms with Crippen LogP contribution in [-0.2, 0) is 10.0 Å². The van der Waals surface area contributed by atoms with Gasteiger partial charge in [0.05, 0.1) is 11.7 Å². The Kier molecular flexibility index (Phi) is 3.35. The van der Waals surface area contributed by atoms with Crippen LogP contribution in [0.5, 0.6) is 0 Å². The van der Waals surface area contributed by atoms with Crippen molar-refractivity contribution in [2.75, 3.05) is 5.73 Å². The largest absolute Gasteiger partial charge is 0.398 e. The number of nitrogens with one attached hydrogen (secondary N) is 2. The lowest BCUT2D eigenvalue weighted by Crippen LogP contribution is -2.28. The fourth-order valence-electron chi connectivity index (χ4n) is 1.59. The lowest BCUT2D eigenvalue weighted by atomic mass is 10.3. The standard InChI is InChI=1S/C11H14N4O2S/c1-8(11-13-6-7-14-11)15-18(16,17)10-5-3-2-4-9(10)12/h2-8,15H,12H2,1H3,(H,13,14). The van der Waals surface area contributed by atoms with Gasteiger partial charge in [-0.3, -0.25) is 0 Å². The number of hydrogen-bond acceptors (Lipinski definition) is 4. The number of imidazole rings is 1. The normalized spacial score (nSPS) is 13.4. The topological polar surface area (TPSA) is 101 Å². The van der Waals surface area contributed by atoms with Gasteiger partial charge < -0.3 is 10.7 Å². The first-order valence-corrected chi connectivity index (χ1v) is 6.85. The minimum atomic E-state index is -3.65. The van der Waals surface area contributed by atoms with Crippen molar-refractivity contribution in [1.82, 2.24) is 14.7 Å². The van der Waals surface area contributed by atoms with Gasteiger partial charge in [0.1, 0.15) is 10.7 Å². The molecule has 0 radical (unpaired) electrons. The zero-order valence-corrected chi connectivity index (χ0v) is 10.6. The molecular weight excluding hydrogens is 252 g/mol. The Balaban J connectivity index is 2.26. The molecule has 1 heterocycles. The number of nitrogens with zero attached hydrogens (tertiary/aromatic N) is 1. The van der Waals surface area contributed by atoms with Gasteiger partial charge in [-0.15, -0.1) is 0 Å². The van der Waals surface area contributed by atoms with E-state index in [1.54, 1.807) is 37.5 Å². The number of benzene rings is 1. The van der Waals surface area contributed by atoms with Crippen molar-refractivity contribution in [2.24, 2.45) is 0 Å². The fourth-order valence-corrected chi connectivity index (χ4v) is 2.93. The highest BCUT2D eigenvalue weighted by molar-refractivity contribution is 7.89. The summed E-state index contributed by atoms with van der Waals surface area (Å²) in [5, 5.41) is 0. The molecule has 0 saturated heterocycles. The summed E-state index contributed by atoms with van der Waals surface area (Å²) in [7, 11) is -3.65. The van der Waals surface area contributed by atoms with Gasteiger partial charge in [0, 0.05) is 12.4 Å². The van der Waals surface area contributed by atoms with Gasteiger partial charge >= 0.3 is 0 Å². The van der Waals surface area contributed by atoms with Gasteiger partial charge in [-0.25, -0.2) is 18.1 Å². The number of anilines is 1. The average Bonchev–Trinajstić information content (AvgIpc) is 2.82. The van der Waals surface area contributed by atoms with Crippen molar-refractivity contribution in [3.63, 3.8) is 0 Å². The van der Waals surface area contributed by atoms with Crippen molar-refractivity contribution in [2.45, 2.75) is 17.9 Å². The van der Waals surface area contributed by atoms with Crippen LogP contribution in [0, 0.1) is 0 Å². The predicted molar refractivity (Wildman–Crippen MR) is 68.2 cm³/mol. The maximum atomic E-state index is 12.1. The third-order valence-corrected chi connectivity index (χ3v) is 4.08. The number of hydrogen-bond donors (Lipinski definition) is 3. The first kappa shape index (κ1) is 12.6. The predicted octanol–water partition coefficient (Wildman–Crippen LogP) is 1.03. The molecule has 0 spiro atoms. The van der Waals surface area contributed by atoms with Gasteiger partial charge in [-0.1, -0.05) is 12.1 Å². The number of nitrogen functional groups attached to an aromatic ring is 1. The van der Waals surface area contributed by atoms with Crippen molar-refractivity contribution in [3.8, 4) is 0 Å². The Bertz CT molecular complexity index is 622. The summed E-state index contributed by atoms with van der Waals surface area (Å²) in [6.45, 7) is 1.70. The molecular formula is C11H14N4O2S. The van der Waals surface area contributed by atoms with Gasteiger partial charge in [-0.2, -0.15) is 0 Å². The van der Waals surface area contributed by atoms with Gasteiger partial charge in [-0.05, 0) is 19.1 Å². The highest BCUT2D eigenvalue weighted by Crippen LogP contribution is 2.19. The van der Waals surface area contributed by atoms with Crippen molar-refractivity contribution < 1.29 is 8.42 Å².